The maximum Gasteiger partial charge on any atom is 0.255 e. The van der Waals surface area contributed by atoms with Gasteiger partial charge in [-0.3, -0.25) is 4.79 Å². The molecule has 1 amide bonds. The van der Waals surface area contributed by atoms with Crippen molar-refractivity contribution in [2.45, 2.75) is 19.8 Å². The van der Waals surface area contributed by atoms with E-state index in [1.54, 1.807) is 19.2 Å². The van der Waals surface area contributed by atoms with Gasteiger partial charge in [-0.05, 0) is 36.2 Å². The molecule has 1 N–H and O–H groups in total. The van der Waals surface area contributed by atoms with Crippen LogP contribution in [0.5, 0.6) is 11.5 Å². The van der Waals surface area contributed by atoms with E-state index in [4.69, 9.17) is 9.47 Å². The summed E-state index contributed by atoms with van der Waals surface area (Å²) in [4.78, 5) is 12.1. The van der Waals surface area contributed by atoms with Crippen LogP contribution >= 0.6 is 0 Å². The van der Waals surface area contributed by atoms with Gasteiger partial charge in [-0.2, -0.15) is 0 Å². The lowest BCUT2D eigenvalue weighted by Gasteiger charge is -2.10. The molecule has 0 bridgehead atoms. The van der Waals surface area contributed by atoms with Crippen LogP contribution in [0, 0.1) is 0 Å². The molecule has 0 saturated heterocycles. The number of ether oxygens (including phenoxy) is 2. The number of amides is 1. The van der Waals surface area contributed by atoms with Crippen LogP contribution in [-0.4, -0.2) is 26.2 Å². The fourth-order valence-electron chi connectivity index (χ4n) is 2.30. The highest BCUT2D eigenvalue weighted by atomic mass is 16.5. The predicted molar refractivity (Wildman–Crippen MR) is 91.3 cm³/mol. The summed E-state index contributed by atoms with van der Waals surface area (Å²) in [5, 5.41) is 2.83. The third kappa shape index (κ3) is 5.02. The van der Waals surface area contributed by atoms with Crippen molar-refractivity contribution >= 4 is 5.91 Å². The Balaban J connectivity index is 1.77. The molecule has 0 aromatic heterocycles. The Labute approximate surface area is 137 Å². The number of para-hydroxylation sites is 1. The summed E-state index contributed by atoms with van der Waals surface area (Å²) in [5.41, 5.74) is 1.84. The van der Waals surface area contributed by atoms with Crippen LogP contribution in [0.1, 0.15) is 29.3 Å². The zero-order valence-electron chi connectivity index (χ0n) is 13.7. The number of hydrogen-bond donors (Lipinski definition) is 1. The van der Waals surface area contributed by atoms with E-state index in [9.17, 15) is 4.79 Å². The van der Waals surface area contributed by atoms with Gasteiger partial charge in [-0.1, -0.05) is 37.6 Å². The quantitative estimate of drug-likeness (QED) is 0.759. The fourth-order valence-corrected chi connectivity index (χ4v) is 2.30. The van der Waals surface area contributed by atoms with Crippen molar-refractivity contribution in [2.24, 2.45) is 0 Å². The van der Waals surface area contributed by atoms with E-state index in [1.165, 1.54) is 5.56 Å². The number of aryl methyl sites for hydroxylation is 1. The second-order valence-electron chi connectivity index (χ2n) is 5.20. The summed E-state index contributed by atoms with van der Waals surface area (Å²) in [5.74, 6) is 1.22. The molecule has 0 radical (unpaired) electrons. The van der Waals surface area contributed by atoms with Crippen LogP contribution in [0.25, 0.3) is 0 Å². The molecule has 0 heterocycles. The first-order valence-corrected chi connectivity index (χ1v) is 7.87. The lowest BCUT2D eigenvalue weighted by atomic mass is 10.1. The van der Waals surface area contributed by atoms with Gasteiger partial charge in [0.2, 0.25) is 0 Å². The molecule has 0 spiro atoms. The van der Waals surface area contributed by atoms with E-state index >= 15 is 0 Å². The summed E-state index contributed by atoms with van der Waals surface area (Å²) < 4.78 is 10.8. The van der Waals surface area contributed by atoms with Gasteiger partial charge in [0.05, 0.1) is 19.2 Å². The first kappa shape index (κ1) is 16.9. The Hall–Kier alpha value is -2.49. The second-order valence-corrected chi connectivity index (χ2v) is 5.20. The van der Waals surface area contributed by atoms with E-state index in [0.29, 0.717) is 24.5 Å². The fraction of sp³-hybridized carbons (Fsp3) is 0.316. The molecule has 122 valence electrons. The number of carbonyl (C=O) groups excluding carboxylic acids is 1. The van der Waals surface area contributed by atoms with Crippen molar-refractivity contribution < 1.29 is 14.3 Å². The molecule has 2 rings (SSSR count). The Morgan fingerprint density at radius 2 is 1.83 bits per heavy atom. The minimum atomic E-state index is -0.163. The third-order valence-electron chi connectivity index (χ3n) is 3.47. The number of nitrogens with one attached hydrogen (secondary N) is 1. The zero-order chi connectivity index (χ0) is 16.5. The molecular formula is C19H23NO3. The van der Waals surface area contributed by atoms with E-state index in [-0.39, 0.29) is 5.91 Å². The van der Waals surface area contributed by atoms with Gasteiger partial charge < -0.3 is 14.8 Å². The van der Waals surface area contributed by atoms with Crippen LogP contribution in [0.4, 0.5) is 0 Å². The highest BCUT2D eigenvalue weighted by molar-refractivity contribution is 5.96. The van der Waals surface area contributed by atoms with Crippen LogP contribution in [0.15, 0.2) is 48.5 Å². The first-order chi connectivity index (χ1) is 11.2. The molecule has 0 aliphatic carbocycles. The molecule has 0 aliphatic rings. The molecule has 2 aromatic carbocycles. The topological polar surface area (TPSA) is 47.6 Å². The number of methoxy groups -OCH3 is 1. The Morgan fingerprint density at radius 1 is 1.09 bits per heavy atom. The second kappa shape index (κ2) is 8.83. The Morgan fingerprint density at radius 3 is 2.52 bits per heavy atom. The van der Waals surface area contributed by atoms with Gasteiger partial charge in [0.1, 0.15) is 18.1 Å². The number of hydrogen-bond acceptors (Lipinski definition) is 3. The van der Waals surface area contributed by atoms with Crippen molar-refractivity contribution in [1.29, 1.82) is 0 Å². The smallest absolute Gasteiger partial charge is 0.255 e. The molecule has 0 saturated carbocycles. The number of rotatable bonds is 8. The predicted octanol–water partition coefficient (Wildman–Crippen LogP) is 3.46. The molecule has 0 aliphatic heterocycles. The van der Waals surface area contributed by atoms with E-state index in [0.717, 1.165) is 18.6 Å². The van der Waals surface area contributed by atoms with Crippen molar-refractivity contribution in [3.8, 4) is 11.5 Å². The molecular weight excluding hydrogens is 290 g/mol. The monoisotopic (exact) mass is 313 g/mol. The van der Waals surface area contributed by atoms with Gasteiger partial charge in [-0.15, -0.1) is 0 Å². The molecule has 4 heteroatoms. The van der Waals surface area contributed by atoms with Crippen molar-refractivity contribution in [3.05, 3.63) is 59.7 Å². The van der Waals surface area contributed by atoms with Crippen molar-refractivity contribution in [1.82, 2.24) is 5.32 Å². The van der Waals surface area contributed by atoms with Gasteiger partial charge >= 0.3 is 0 Å². The molecule has 0 fully saturated rings. The van der Waals surface area contributed by atoms with E-state index in [2.05, 4.69) is 24.4 Å². The number of benzene rings is 2. The van der Waals surface area contributed by atoms with Crippen molar-refractivity contribution in [2.75, 3.05) is 20.3 Å². The highest BCUT2D eigenvalue weighted by Crippen LogP contribution is 2.17. The molecule has 0 unspecified atom stereocenters. The number of carbonyl (C=O) groups is 1. The third-order valence-corrected chi connectivity index (χ3v) is 3.47. The average molecular weight is 313 g/mol. The maximum absolute atomic E-state index is 12.1. The summed E-state index contributed by atoms with van der Waals surface area (Å²) in [7, 11) is 1.55. The molecule has 2 aromatic rings. The molecule has 4 nitrogen and oxygen atoms in total. The molecule has 23 heavy (non-hydrogen) atoms. The van der Waals surface area contributed by atoms with Crippen LogP contribution in [0.2, 0.25) is 0 Å². The SMILES string of the molecule is CCCc1ccc(OCCNC(=O)c2ccccc2OC)cc1. The Bertz CT molecular complexity index is 623. The minimum Gasteiger partial charge on any atom is -0.496 e. The summed E-state index contributed by atoms with van der Waals surface area (Å²) in [6, 6.07) is 15.2. The normalized spacial score (nSPS) is 10.2. The maximum atomic E-state index is 12.1. The zero-order valence-corrected chi connectivity index (χ0v) is 13.7. The largest absolute Gasteiger partial charge is 0.496 e. The average Bonchev–Trinajstić information content (AvgIpc) is 2.60. The lowest BCUT2D eigenvalue weighted by molar-refractivity contribution is 0.0944. The summed E-state index contributed by atoms with van der Waals surface area (Å²) in [6.45, 7) is 3.02. The summed E-state index contributed by atoms with van der Waals surface area (Å²) >= 11 is 0. The van der Waals surface area contributed by atoms with Gasteiger partial charge in [-0.25, -0.2) is 0 Å². The first-order valence-electron chi connectivity index (χ1n) is 7.87. The summed E-state index contributed by atoms with van der Waals surface area (Å²) in [6.07, 6.45) is 2.21. The highest BCUT2D eigenvalue weighted by Gasteiger charge is 2.10. The van der Waals surface area contributed by atoms with Gasteiger partial charge in [0.25, 0.3) is 5.91 Å². The Kier molecular flexibility index (Phi) is 6.48. The van der Waals surface area contributed by atoms with Crippen LogP contribution < -0.4 is 14.8 Å². The lowest BCUT2D eigenvalue weighted by Crippen LogP contribution is -2.28. The molecule has 0 atom stereocenters. The van der Waals surface area contributed by atoms with Gasteiger partial charge in [0, 0.05) is 0 Å². The van der Waals surface area contributed by atoms with Crippen LogP contribution in [0.3, 0.4) is 0 Å². The van der Waals surface area contributed by atoms with E-state index in [1.807, 2.05) is 24.3 Å². The minimum absolute atomic E-state index is 0.163. The van der Waals surface area contributed by atoms with E-state index < -0.39 is 0 Å². The van der Waals surface area contributed by atoms with Crippen molar-refractivity contribution in [3.63, 3.8) is 0 Å². The van der Waals surface area contributed by atoms with Gasteiger partial charge in [0.15, 0.2) is 0 Å². The standard InChI is InChI=1S/C19H23NO3/c1-3-6-15-9-11-16(12-10-15)23-14-13-20-19(21)17-7-4-5-8-18(17)22-2/h4-5,7-12H,3,6,13-14H2,1-2H3,(H,20,21). The van der Waals surface area contributed by atoms with Crippen LogP contribution in [-0.2, 0) is 6.42 Å².